The molecule has 0 spiro atoms. The third-order valence-electron chi connectivity index (χ3n) is 2.52. The van der Waals surface area contributed by atoms with Gasteiger partial charge in [0, 0.05) is 27.4 Å². The minimum absolute atomic E-state index is 0.562. The fourth-order valence-corrected chi connectivity index (χ4v) is 3.09. The molecule has 0 aromatic carbocycles. The highest BCUT2D eigenvalue weighted by atomic mass is 28.4. The second-order valence-electron chi connectivity index (χ2n) is 3.53. The Bertz CT molecular complexity index is 134. The Labute approximate surface area is 88.1 Å². The Morgan fingerprint density at radius 3 is 2.00 bits per heavy atom. The summed E-state index contributed by atoms with van der Waals surface area (Å²) in [6, 6.07) is 0.862. The highest BCUT2D eigenvalue weighted by Gasteiger charge is 2.36. The zero-order chi connectivity index (χ0) is 11.0. The van der Waals surface area contributed by atoms with Crippen LogP contribution in [0.3, 0.4) is 0 Å². The van der Waals surface area contributed by atoms with E-state index in [1.165, 1.54) is 0 Å². The van der Waals surface area contributed by atoms with E-state index in [1.807, 2.05) is 0 Å². The van der Waals surface area contributed by atoms with Crippen molar-refractivity contribution in [3.05, 3.63) is 0 Å². The Kier molecular flexibility index (Phi) is 7.39. The van der Waals surface area contributed by atoms with Gasteiger partial charge in [0.2, 0.25) is 0 Å². The Morgan fingerprint density at radius 1 is 1.14 bits per heavy atom. The zero-order valence-electron chi connectivity index (χ0n) is 9.71. The second-order valence-corrected chi connectivity index (χ2v) is 6.62. The summed E-state index contributed by atoms with van der Waals surface area (Å²) >= 11 is 0. The van der Waals surface area contributed by atoms with E-state index >= 15 is 0 Å². The van der Waals surface area contributed by atoms with Gasteiger partial charge in [0.15, 0.2) is 0 Å². The number of hydrogen-bond donors (Lipinski definition) is 1. The van der Waals surface area contributed by atoms with E-state index in [-0.39, 0.29) is 0 Å². The maximum Gasteiger partial charge on any atom is 0.500 e. The average molecular weight is 221 g/mol. The largest absolute Gasteiger partial charge is 0.500 e. The third-order valence-corrected chi connectivity index (χ3v) is 5.35. The van der Waals surface area contributed by atoms with Crippen molar-refractivity contribution in [2.24, 2.45) is 11.7 Å². The van der Waals surface area contributed by atoms with Crippen molar-refractivity contribution in [2.75, 3.05) is 27.9 Å². The number of nitrogens with two attached hydrogens (primary N) is 1. The molecule has 0 aliphatic carbocycles. The van der Waals surface area contributed by atoms with Crippen LogP contribution < -0.4 is 5.73 Å². The van der Waals surface area contributed by atoms with Crippen LogP contribution in [0.5, 0.6) is 0 Å². The maximum atomic E-state index is 5.54. The average Bonchev–Trinajstić information content (AvgIpc) is 2.25. The lowest BCUT2D eigenvalue weighted by Gasteiger charge is -2.24. The monoisotopic (exact) mass is 221 g/mol. The molecule has 2 N–H and O–H groups in total. The van der Waals surface area contributed by atoms with Crippen molar-refractivity contribution in [1.82, 2.24) is 0 Å². The van der Waals surface area contributed by atoms with Gasteiger partial charge in [0.25, 0.3) is 0 Å². The molecule has 5 heteroatoms. The molecule has 0 aliphatic rings. The van der Waals surface area contributed by atoms with Crippen LogP contribution in [-0.4, -0.2) is 36.7 Å². The standard InChI is InChI=1S/C9H23NO3Si/c1-9(8-10)6-5-7-14(11-2,12-3)13-4/h9H,5-8,10H2,1-4H3. The van der Waals surface area contributed by atoms with E-state index in [4.69, 9.17) is 19.0 Å². The number of hydrogen-bond acceptors (Lipinski definition) is 4. The Hall–Kier alpha value is 0.0569. The van der Waals surface area contributed by atoms with Crippen molar-refractivity contribution in [2.45, 2.75) is 25.8 Å². The van der Waals surface area contributed by atoms with E-state index in [9.17, 15) is 0 Å². The molecule has 0 bridgehead atoms. The fourth-order valence-electron chi connectivity index (χ4n) is 1.34. The molecule has 0 saturated heterocycles. The molecule has 0 heterocycles. The van der Waals surface area contributed by atoms with Gasteiger partial charge in [0.1, 0.15) is 0 Å². The predicted octanol–water partition coefficient (Wildman–Crippen LogP) is 1.24. The highest BCUT2D eigenvalue weighted by Crippen LogP contribution is 2.18. The first-order valence-electron chi connectivity index (χ1n) is 4.99. The van der Waals surface area contributed by atoms with Crippen LogP contribution >= 0.6 is 0 Å². The lowest BCUT2D eigenvalue weighted by molar-refractivity contribution is 0.122. The normalized spacial score (nSPS) is 14.4. The summed E-state index contributed by atoms with van der Waals surface area (Å²) < 4.78 is 15.9. The van der Waals surface area contributed by atoms with E-state index in [1.54, 1.807) is 21.3 Å². The molecule has 14 heavy (non-hydrogen) atoms. The van der Waals surface area contributed by atoms with Crippen molar-refractivity contribution >= 4 is 8.80 Å². The molecule has 0 aromatic rings. The first-order chi connectivity index (χ1) is 6.64. The molecule has 1 unspecified atom stereocenters. The van der Waals surface area contributed by atoms with Crippen LogP contribution in [0.15, 0.2) is 0 Å². The molecule has 4 nitrogen and oxygen atoms in total. The van der Waals surface area contributed by atoms with Crippen LogP contribution in [0.4, 0.5) is 0 Å². The molecular formula is C9H23NO3Si. The summed E-state index contributed by atoms with van der Waals surface area (Å²) in [5, 5.41) is 0. The lowest BCUT2D eigenvalue weighted by atomic mass is 10.1. The van der Waals surface area contributed by atoms with Gasteiger partial charge in [-0.3, -0.25) is 0 Å². The molecule has 0 radical (unpaired) electrons. The molecule has 0 fully saturated rings. The van der Waals surface area contributed by atoms with Gasteiger partial charge in [-0.1, -0.05) is 6.92 Å². The predicted molar refractivity (Wildman–Crippen MR) is 59.0 cm³/mol. The van der Waals surface area contributed by atoms with Crippen molar-refractivity contribution in [3.8, 4) is 0 Å². The van der Waals surface area contributed by atoms with E-state index < -0.39 is 8.80 Å². The molecule has 0 aromatic heterocycles. The lowest BCUT2D eigenvalue weighted by Crippen LogP contribution is -2.42. The van der Waals surface area contributed by atoms with Gasteiger partial charge >= 0.3 is 8.80 Å². The molecule has 0 rings (SSSR count). The summed E-state index contributed by atoms with van der Waals surface area (Å²) in [7, 11) is 2.60. The van der Waals surface area contributed by atoms with Gasteiger partial charge in [-0.05, 0) is 25.3 Å². The molecule has 0 saturated carbocycles. The van der Waals surface area contributed by atoms with E-state index in [0.717, 1.165) is 25.4 Å². The minimum Gasteiger partial charge on any atom is -0.377 e. The molecule has 0 aliphatic heterocycles. The molecular weight excluding hydrogens is 198 g/mol. The minimum atomic E-state index is -2.34. The number of rotatable bonds is 8. The van der Waals surface area contributed by atoms with E-state index in [2.05, 4.69) is 6.92 Å². The molecule has 86 valence electrons. The Balaban J connectivity index is 3.82. The van der Waals surface area contributed by atoms with Crippen LogP contribution in [-0.2, 0) is 13.3 Å². The topological polar surface area (TPSA) is 53.7 Å². The zero-order valence-corrected chi connectivity index (χ0v) is 10.7. The quantitative estimate of drug-likeness (QED) is 0.627. The van der Waals surface area contributed by atoms with Crippen molar-refractivity contribution in [3.63, 3.8) is 0 Å². The van der Waals surface area contributed by atoms with Gasteiger partial charge < -0.3 is 19.0 Å². The fraction of sp³-hybridized carbons (Fsp3) is 1.00. The maximum absolute atomic E-state index is 5.54. The van der Waals surface area contributed by atoms with Crippen molar-refractivity contribution in [1.29, 1.82) is 0 Å². The summed E-state index contributed by atoms with van der Waals surface area (Å²) in [4.78, 5) is 0. The molecule has 0 amide bonds. The first kappa shape index (κ1) is 14.1. The van der Waals surface area contributed by atoms with Crippen LogP contribution in [0.1, 0.15) is 19.8 Å². The van der Waals surface area contributed by atoms with Gasteiger partial charge in [0.05, 0.1) is 0 Å². The van der Waals surface area contributed by atoms with Gasteiger partial charge in [-0.15, -0.1) is 0 Å². The SMILES string of the molecule is CO[Si](CCCC(C)CN)(OC)OC. The highest BCUT2D eigenvalue weighted by molar-refractivity contribution is 6.60. The first-order valence-corrected chi connectivity index (χ1v) is 6.92. The van der Waals surface area contributed by atoms with Gasteiger partial charge in [-0.25, -0.2) is 0 Å². The van der Waals surface area contributed by atoms with Crippen molar-refractivity contribution < 1.29 is 13.3 Å². The van der Waals surface area contributed by atoms with Crippen LogP contribution in [0.2, 0.25) is 6.04 Å². The summed E-state index contributed by atoms with van der Waals surface area (Å²) in [6.07, 6.45) is 2.14. The smallest absolute Gasteiger partial charge is 0.377 e. The van der Waals surface area contributed by atoms with Gasteiger partial charge in [-0.2, -0.15) is 0 Å². The third kappa shape index (κ3) is 4.52. The Morgan fingerprint density at radius 2 is 1.64 bits per heavy atom. The second kappa shape index (κ2) is 7.36. The summed E-state index contributed by atoms with van der Waals surface area (Å²) in [6.45, 7) is 2.89. The van der Waals surface area contributed by atoms with Crippen LogP contribution in [0.25, 0.3) is 0 Å². The van der Waals surface area contributed by atoms with Crippen LogP contribution in [0, 0.1) is 5.92 Å². The van der Waals surface area contributed by atoms with E-state index in [0.29, 0.717) is 5.92 Å². The summed E-state index contributed by atoms with van der Waals surface area (Å²) in [5.74, 6) is 0.562. The summed E-state index contributed by atoms with van der Waals surface area (Å²) in [5.41, 5.74) is 5.54. The molecule has 1 atom stereocenters.